The fraction of sp³-hybridized carbons (Fsp3) is 0.800. The zero-order valence-corrected chi connectivity index (χ0v) is 9.34. The van der Waals surface area contributed by atoms with Gasteiger partial charge < -0.3 is 0 Å². The molecule has 86 valence electrons. The van der Waals surface area contributed by atoms with Crippen LogP contribution in [0.5, 0.6) is 0 Å². The number of likely N-dealkylation sites (tertiary alicyclic amines) is 1. The van der Waals surface area contributed by atoms with E-state index < -0.39 is 0 Å². The van der Waals surface area contributed by atoms with Crippen molar-refractivity contribution in [2.24, 2.45) is 0 Å². The summed E-state index contributed by atoms with van der Waals surface area (Å²) in [7, 11) is 0. The summed E-state index contributed by atoms with van der Waals surface area (Å²) in [6.07, 6.45) is 4.95. The SMILES string of the molecule is N#CCCc1nnnn1CN1CCCCC1. The Morgan fingerprint density at radius 2 is 2.06 bits per heavy atom. The number of hydrogen-bond donors (Lipinski definition) is 0. The summed E-state index contributed by atoms with van der Waals surface area (Å²) >= 11 is 0. The average molecular weight is 220 g/mol. The van der Waals surface area contributed by atoms with Gasteiger partial charge in [0.15, 0.2) is 5.82 Å². The van der Waals surface area contributed by atoms with Gasteiger partial charge in [0.1, 0.15) is 0 Å². The van der Waals surface area contributed by atoms with E-state index in [0.29, 0.717) is 12.8 Å². The van der Waals surface area contributed by atoms with E-state index in [2.05, 4.69) is 26.5 Å². The Morgan fingerprint density at radius 1 is 1.25 bits per heavy atom. The molecule has 0 unspecified atom stereocenters. The first-order valence-electron chi connectivity index (χ1n) is 5.74. The lowest BCUT2D eigenvalue weighted by molar-refractivity contribution is 0.169. The first kappa shape index (κ1) is 11.0. The molecular formula is C10H16N6. The monoisotopic (exact) mass is 220 g/mol. The maximum atomic E-state index is 8.54. The standard InChI is InChI=1S/C10H16N6/c11-6-4-5-10-12-13-14-16(10)9-15-7-2-1-3-8-15/h1-5,7-9H2. The molecule has 1 fully saturated rings. The van der Waals surface area contributed by atoms with Crippen molar-refractivity contribution in [1.29, 1.82) is 5.26 Å². The second-order valence-electron chi connectivity index (χ2n) is 4.07. The molecule has 0 amide bonds. The molecule has 1 saturated heterocycles. The molecule has 6 heteroatoms. The van der Waals surface area contributed by atoms with E-state index >= 15 is 0 Å². The molecule has 6 nitrogen and oxygen atoms in total. The number of tetrazole rings is 1. The van der Waals surface area contributed by atoms with Crippen LogP contribution in [0.2, 0.25) is 0 Å². The van der Waals surface area contributed by atoms with Gasteiger partial charge in [0.25, 0.3) is 0 Å². The van der Waals surface area contributed by atoms with Gasteiger partial charge in [-0.05, 0) is 36.4 Å². The molecule has 2 rings (SSSR count). The molecule has 2 heterocycles. The highest BCUT2D eigenvalue weighted by molar-refractivity contribution is 4.86. The van der Waals surface area contributed by atoms with Gasteiger partial charge in [0.2, 0.25) is 0 Å². The number of piperidine rings is 1. The first-order valence-corrected chi connectivity index (χ1v) is 5.74. The largest absolute Gasteiger partial charge is 0.284 e. The Balaban J connectivity index is 1.92. The number of nitriles is 1. The second-order valence-corrected chi connectivity index (χ2v) is 4.07. The van der Waals surface area contributed by atoms with Crippen LogP contribution >= 0.6 is 0 Å². The highest BCUT2D eigenvalue weighted by Crippen LogP contribution is 2.09. The minimum absolute atomic E-state index is 0.473. The van der Waals surface area contributed by atoms with Crippen LogP contribution in [-0.4, -0.2) is 38.2 Å². The van der Waals surface area contributed by atoms with Crippen molar-refractivity contribution >= 4 is 0 Å². The van der Waals surface area contributed by atoms with Gasteiger partial charge in [-0.3, -0.25) is 4.90 Å². The summed E-state index contributed by atoms with van der Waals surface area (Å²) < 4.78 is 1.81. The van der Waals surface area contributed by atoms with Crippen molar-refractivity contribution in [3.05, 3.63) is 5.82 Å². The van der Waals surface area contributed by atoms with Crippen molar-refractivity contribution in [2.75, 3.05) is 13.1 Å². The normalized spacial score (nSPS) is 17.2. The molecule has 1 aliphatic heterocycles. The van der Waals surface area contributed by atoms with E-state index in [1.165, 1.54) is 19.3 Å². The van der Waals surface area contributed by atoms with Crippen LogP contribution in [0, 0.1) is 11.3 Å². The van der Waals surface area contributed by atoms with Gasteiger partial charge in [0.05, 0.1) is 12.7 Å². The van der Waals surface area contributed by atoms with Gasteiger partial charge in [-0.15, -0.1) is 5.10 Å². The van der Waals surface area contributed by atoms with Gasteiger partial charge in [0, 0.05) is 12.8 Å². The highest BCUT2D eigenvalue weighted by atomic mass is 15.6. The van der Waals surface area contributed by atoms with Crippen molar-refractivity contribution in [3.63, 3.8) is 0 Å². The Kier molecular flexibility index (Phi) is 3.83. The van der Waals surface area contributed by atoms with Gasteiger partial charge in [-0.2, -0.15) is 5.26 Å². The molecule has 16 heavy (non-hydrogen) atoms. The quantitative estimate of drug-likeness (QED) is 0.742. The van der Waals surface area contributed by atoms with Crippen LogP contribution < -0.4 is 0 Å². The Labute approximate surface area is 94.8 Å². The first-order chi connectivity index (χ1) is 7.90. The van der Waals surface area contributed by atoms with E-state index in [1.807, 2.05) is 4.68 Å². The zero-order chi connectivity index (χ0) is 11.2. The minimum Gasteiger partial charge on any atom is -0.284 e. The fourth-order valence-corrected chi connectivity index (χ4v) is 1.97. The lowest BCUT2D eigenvalue weighted by Crippen LogP contribution is -2.32. The Hall–Kier alpha value is -1.48. The summed E-state index contributed by atoms with van der Waals surface area (Å²) in [5.41, 5.74) is 0. The predicted molar refractivity (Wildman–Crippen MR) is 57.2 cm³/mol. The van der Waals surface area contributed by atoms with Gasteiger partial charge >= 0.3 is 0 Å². The van der Waals surface area contributed by atoms with Crippen molar-refractivity contribution < 1.29 is 0 Å². The van der Waals surface area contributed by atoms with E-state index in [-0.39, 0.29) is 0 Å². The number of hydrogen-bond acceptors (Lipinski definition) is 5. The van der Waals surface area contributed by atoms with Crippen molar-refractivity contribution in [1.82, 2.24) is 25.1 Å². The Morgan fingerprint density at radius 3 is 2.81 bits per heavy atom. The molecular weight excluding hydrogens is 204 g/mol. The molecule has 1 aromatic rings. The minimum atomic E-state index is 0.473. The molecule has 0 saturated carbocycles. The third-order valence-electron chi connectivity index (χ3n) is 2.85. The van der Waals surface area contributed by atoms with Crippen LogP contribution in [0.3, 0.4) is 0 Å². The lowest BCUT2D eigenvalue weighted by atomic mass is 10.1. The van der Waals surface area contributed by atoms with E-state index in [0.717, 1.165) is 25.6 Å². The van der Waals surface area contributed by atoms with Crippen LogP contribution in [0.15, 0.2) is 0 Å². The van der Waals surface area contributed by atoms with Crippen LogP contribution in [-0.2, 0) is 13.1 Å². The smallest absolute Gasteiger partial charge is 0.153 e. The summed E-state index contributed by atoms with van der Waals surface area (Å²) in [5.74, 6) is 0.812. The number of rotatable bonds is 4. The van der Waals surface area contributed by atoms with Gasteiger partial charge in [-0.25, -0.2) is 4.68 Å². The maximum absolute atomic E-state index is 8.54. The van der Waals surface area contributed by atoms with Gasteiger partial charge in [-0.1, -0.05) is 6.42 Å². The Bertz CT molecular complexity index is 360. The summed E-state index contributed by atoms with van der Waals surface area (Å²) in [5, 5.41) is 20.1. The molecule has 0 radical (unpaired) electrons. The molecule has 0 aromatic carbocycles. The third kappa shape index (κ3) is 2.76. The van der Waals surface area contributed by atoms with E-state index in [1.54, 1.807) is 0 Å². The van der Waals surface area contributed by atoms with Crippen molar-refractivity contribution in [3.8, 4) is 6.07 Å². The lowest BCUT2D eigenvalue weighted by Gasteiger charge is -2.26. The molecule has 0 spiro atoms. The molecule has 1 aliphatic rings. The van der Waals surface area contributed by atoms with Crippen molar-refractivity contribution in [2.45, 2.75) is 38.8 Å². The second kappa shape index (κ2) is 5.56. The van der Waals surface area contributed by atoms with E-state index in [9.17, 15) is 0 Å². The van der Waals surface area contributed by atoms with Crippen LogP contribution in [0.25, 0.3) is 0 Å². The maximum Gasteiger partial charge on any atom is 0.153 e. The van der Waals surface area contributed by atoms with Crippen LogP contribution in [0.1, 0.15) is 31.5 Å². The number of nitrogens with zero attached hydrogens (tertiary/aromatic N) is 6. The molecule has 0 aliphatic carbocycles. The molecule has 0 bridgehead atoms. The topological polar surface area (TPSA) is 70.6 Å². The van der Waals surface area contributed by atoms with Crippen LogP contribution in [0.4, 0.5) is 0 Å². The number of aryl methyl sites for hydroxylation is 1. The predicted octanol–water partition coefficient (Wildman–Crippen LogP) is 0.573. The highest BCUT2D eigenvalue weighted by Gasteiger charge is 2.13. The third-order valence-corrected chi connectivity index (χ3v) is 2.85. The fourth-order valence-electron chi connectivity index (χ4n) is 1.97. The average Bonchev–Trinajstić information content (AvgIpc) is 2.75. The molecule has 1 aromatic heterocycles. The number of aromatic nitrogens is 4. The summed E-state index contributed by atoms with van der Waals surface area (Å²) in [6.45, 7) is 3.00. The summed E-state index contributed by atoms with van der Waals surface area (Å²) in [6, 6.07) is 2.11. The summed E-state index contributed by atoms with van der Waals surface area (Å²) in [4.78, 5) is 2.36. The molecule has 0 atom stereocenters. The molecule has 0 N–H and O–H groups in total. The zero-order valence-electron chi connectivity index (χ0n) is 9.34. The van der Waals surface area contributed by atoms with E-state index in [4.69, 9.17) is 5.26 Å².